The zero-order chi connectivity index (χ0) is 10.9. The summed E-state index contributed by atoms with van der Waals surface area (Å²) in [6, 6.07) is 0. The molecule has 1 aromatic rings. The van der Waals surface area contributed by atoms with Gasteiger partial charge < -0.3 is 4.98 Å². The monoisotopic (exact) mass is 213 g/mol. The quantitative estimate of drug-likeness (QED) is 0.620. The molecule has 0 spiro atoms. The average molecular weight is 214 g/mol. The molecule has 1 aromatic heterocycles. The Bertz CT molecular complexity index is 393. The highest BCUT2D eigenvalue weighted by atomic mass is 35.5. The summed E-state index contributed by atoms with van der Waals surface area (Å²) in [5.74, 6) is 0.0616. The summed E-state index contributed by atoms with van der Waals surface area (Å²) in [7, 11) is 0. The van der Waals surface area contributed by atoms with Crippen molar-refractivity contribution in [1.29, 1.82) is 0 Å². The molecule has 0 saturated carbocycles. The Labute approximate surface area is 87.5 Å². The fourth-order valence-electron chi connectivity index (χ4n) is 1.59. The van der Waals surface area contributed by atoms with Crippen molar-refractivity contribution in [1.82, 2.24) is 4.98 Å². The molecular formula is C10H12ClNO2. The van der Waals surface area contributed by atoms with Crippen LogP contribution in [0.5, 0.6) is 0 Å². The Kier molecular flexibility index (Phi) is 3.11. The van der Waals surface area contributed by atoms with Crippen LogP contribution in [-0.4, -0.2) is 16.6 Å². The van der Waals surface area contributed by atoms with Gasteiger partial charge in [0.25, 0.3) is 0 Å². The minimum absolute atomic E-state index is 0.0677. The molecule has 0 aromatic carbocycles. The normalized spacial score (nSPS) is 10.3. The second-order valence-corrected chi connectivity index (χ2v) is 3.49. The van der Waals surface area contributed by atoms with Gasteiger partial charge in [0, 0.05) is 18.2 Å². The van der Waals surface area contributed by atoms with Gasteiger partial charge in [-0.2, -0.15) is 0 Å². The first-order valence-electron chi connectivity index (χ1n) is 4.28. The van der Waals surface area contributed by atoms with Gasteiger partial charge in [-0.3, -0.25) is 9.59 Å². The molecule has 0 saturated heterocycles. The zero-order valence-corrected chi connectivity index (χ0v) is 9.16. The minimum atomic E-state index is -0.0821. The van der Waals surface area contributed by atoms with E-state index in [1.54, 1.807) is 6.92 Å². The lowest BCUT2D eigenvalue weighted by atomic mass is 10.1. The first-order chi connectivity index (χ1) is 6.49. The van der Waals surface area contributed by atoms with Gasteiger partial charge in [0.15, 0.2) is 11.6 Å². The van der Waals surface area contributed by atoms with Crippen molar-refractivity contribution in [3.63, 3.8) is 0 Å². The molecule has 1 heterocycles. The maximum atomic E-state index is 11.3. The van der Waals surface area contributed by atoms with Crippen molar-refractivity contribution in [3.8, 4) is 0 Å². The number of rotatable bonds is 3. The number of alkyl halides is 1. The number of Topliss-reactive ketones (excluding diaryl/α,β-unsaturated/α-hetero) is 2. The van der Waals surface area contributed by atoms with Crippen LogP contribution >= 0.6 is 11.6 Å². The summed E-state index contributed by atoms with van der Waals surface area (Å²) in [5, 5.41) is 0. The van der Waals surface area contributed by atoms with E-state index in [-0.39, 0.29) is 17.4 Å². The Morgan fingerprint density at radius 3 is 2.14 bits per heavy atom. The number of carbonyl (C=O) groups is 2. The number of aromatic nitrogens is 1. The van der Waals surface area contributed by atoms with Gasteiger partial charge in [-0.15, -0.1) is 11.6 Å². The summed E-state index contributed by atoms with van der Waals surface area (Å²) in [5.41, 5.74) is 2.35. The molecule has 0 atom stereocenters. The molecule has 0 aliphatic heterocycles. The topological polar surface area (TPSA) is 49.9 Å². The van der Waals surface area contributed by atoms with Gasteiger partial charge in [0.05, 0.1) is 11.6 Å². The van der Waals surface area contributed by atoms with Crippen LogP contribution in [0.3, 0.4) is 0 Å². The highest BCUT2D eigenvalue weighted by Crippen LogP contribution is 2.20. The van der Waals surface area contributed by atoms with Crippen LogP contribution in [0.2, 0.25) is 0 Å². The maximum Gasteiger partial charge on any atom is 0.176 e. The van der Waals surface area contributed by atoms with E-state index in [9.17, 15) is 9.59 Å². The maximum absolute atomic E-state index is 11.3. The Hall–Kier alpha value is -1.09. The van der Waals surface area contributed by atoms with E-state index in [2.05, 4.69) is 4.98 Å². The number of carbonyl (C=O) groups excluding carboxylic acids is 2. The lowest BCUT2D eigenvalue weighted by molar-refractivity contribution is 0.101. The Balaban J connectivity index is 3.40. The van der Waals surface area contributed by atoms with Crippen LogP contribution in [0, 0.1) is 6.92 Å². The molecule has 0 fully saturated rings. The SMILES string of the molecule is CC(=O)c1[nH]c(CCl)c(C(C)=O)c1C. The van der Waals surface area contributed by atoms with Gasteiger partial charge in [0.1, 0.15) is 0 Å². The Morgan fingerprint density at radius 2 is 1.86 bits per heavy atom. The highest BCUT2D eigenvalue weighted by molar-refractivity contribution is 6.18. The number of hydrogen-bond donors (Lipinski definition) is 1. The van der Waals surface area contributed by atoms with E-state index in [4.69, 9.17) is 11.6 Å². The first kappa shape index (κ1) is 11.0. The van der Waals surface area contributed by atoms with Crippen LogP contribution in [0.15, 0.2) is 0 Å². The van der Waals surface area contributed by atoms with E-state index in [0.717, 1.165) is 0 Å². The molecule has 14 heavy (non-hydrogen) atoms. The summed E-state index contributed by atoms with van der Waals surface area (Å²) < 4.78 is 0. The van der Waals surface area contributed by atoms with E-state index in [0.29, 0.717) is 22.5 Å². The van der Waals surface area contributed by atoms with Crippen molar-refractivity contribution in [2.75, 3.05) is 0 Å². The van der Waals surface area contributed by atoms with Crippen molar-refractivity contribution in [2.45, 2.75) is 26.7 Å². The van der Waals surface area contributed by atoms with E-state index in [1.807, 2.05) is 0 Å². The zero-order valence-electron chi connectivity index (χ0n) is 8.40. The number of H-pyrrole nitrogens is 1. The van der Waals surface area contributed by atoms with Gasteiger partial charge in [0.2, 0.25) is 0 Å². The van der Waals surface area contributed by atoms with Gasteiger partial charge in [-0.05, 0) is 19.4 Å². The van der Waals surface area contributed by atoms with E-state index >= 15 is 0 Å². The first-order valence-corrected chi connectivity index (χ1v) is 4.81. The largest absolute Gasteiger partial charge is 0.354 e. The molecule has 4 heteroatoms. The Morgan fingerprint density at radius 1 is 1.29 bits per heavy atom. The summed E-state index contributed by atoms with van der Waals surface area (Å²) in [6.45, 7) is 4.68. The third-order valence-corrected chi connectivity index (χ3v) is 2.43. The lowest BCUT2D eigenvalue weighted by Crippen LogP contribution is -1.98. The van der Waals surface area contributed by atoms with Crippen LogP contribution < -0.4 is 0 Å². The van der Waals surface area contributed by atoms with Crippen LogP contribution in [0.4, 0.5) is 0 Å². The molecule has 0 unspecified atom stereocenters. The van der Waals surface area contributed by atoms with Gasteiger partial charge in [-0.25, -0.2) is 0 Å². The van der Waals surface area contributed by atoms with Crippen molar-refractivity contribution in [2.24, 2.45) is 0 Å². The minimum Gasteiger partial charge on any atom is -0.354 e. The molecule has 1 rings (SSSR count). The molecule has 0 aliphatic carbocycles. The molecule has 3 nitrogen and oxygen atoms in total. The standard InChI is InChI=1S/C10H12ClNO2/c1-5-9(6(2)13)8(4-11)12-10(5)7(3)14/h12H,4H2,1-3H3. The predicted octanol–water partition coefficient (Wildman–Crippen LogP) is 2.47. The molecular weight excluding hydrogens is 202 g/mol. The number of hydrogen-bond acceptors (Lipinski definition) is 2. The molecule has 0 aliphatic rings. The van der Waals surface area contributed by atoms with Gasteiger partial charge in [-0.1, -0.05) is 0 Å². The predicted molar refractivity (Wildman–Crippen MR) is 55.1 cm³/mol. The second kappa shape index (κ2) is 3.96. The molecule has 1 N–H and O–H groups in total. The molecule has 76 valence electrons. The highest BCUT2D eigenvalue weighted by Gasteiger charge is 2.18. The van der Waals surface area contributed by atoms with E-state index in [1.165, 1.54) is 13.8 Å². The van der Waals surface area contributed by atoms with Crippen LogP contribution in [0.1, 0.15) is 46.0 Å². The van der Waals surface area contributed by atoms with Gasteiger partial charge >= 0.3 is 0 Å². The molecule has 0 amide bonds. The third kappa shape index (κ3) is 1.73. The summed E-state index contributed by atoms with van der Waals surface area (Å²) in [4.78, 5) is 25.4. The number of nitrogens with one attached hydrogen (secondary N) is 1. The number of halogens is 1. The third-order valence-electron chi connectivity index (χ3n) is 2.17. The van der Waals surface area contributed by atoms with Crippen LogP contribution in [-0.2, 0) is 5.88 Å². The lowest BCUT2D eigenvalue weighted by Gasteiger charge is -1.96. The van der Waals surface area contributed by atoms with Crippen LogP contribution in [0.25, 0.3) is 0 Å². The summed E-state index contributed by atoms with van der Waals surface area (Å²) >= 11 is 5.67. The second-order valence-electron chi connectivity index (χ2n) is 3.22. The number of ketones is 2. The van der Waals surface area contributed by atoms with Crippen molar-refractivity contribution < 1.29 is 9.59 Å². The summed E-state index contributed by atoms with van der Waals surface area (Å²) in [6.07, 6.45) is 0. The molecule has 0 bridgehead atoms. The molecule has 0 radical (unpaired) electrons. The average Bonchev–Trinajstić information content (AvgIpc) is 2.42. The van der Waals surface area contributed by atoms with Crippen molar-refractivity contribution >= 4 is 23.2 Å². The smallest absolute Gasteiger partial charge is 0.176 e. The number of aromatic amines is 1. The fourth-order valence-corrected chi connectivity index (χ4v) is 1.79. The van der Waals surface area contributed by atoms with E-state index < -0.39 is 0 Å². The fraction of sp³-hybridized carbons (Fsp3) is 0.400. The van der Waals surface area contributed by atoms with Crippen molar-refractivity contribution in [3.05, 3.63) is 22.5 Å².